The van der Waals surface area contributed by atoms with Gasteiger partial charge in [-0.15, -0.1) is 0 Å². The standard InChI is InChI=1S/C23H23N3O6S/c1-17-5-6-18(2)21(15-17)33(29,30)32-20-9-7-19(8-10-20)23(28)31-16-22(27)26(13-3-11-24)14-4-12-25/h5-10,15H,3-4,13-14,16H2,1-2H3. The van der Waals surface area contributed by atoms with E-state index >= 15 is 0 Å². The molecular weight excluding hydrogens is 446 g/mol. The van der Waals surface area contributed by atoms with Crippen molar-refractivity contribution in [1.82, 2.24) is 4.90 Å². The van der Waals surface area contributed by atoms with Crippen LogP contribution in [0.3, 0.4) is 0 Å². The van der Waals surface area contributed by atoms with Crippen LogP contribution in [0.4, 0.5) is 0 Å². The maximum atomic E-state index is 12.6. The lowest BCUT2D eigenvalue weighted by Gasteiger charge is -2.20. The second kappa shape index (κ2) is 11.7. The highest BCUT2D eigenvalue weighted by Gasteiger charge is 2.20. The number of hydrogen-bond acceptors (Lipinski definition) is 8. The van der Waals surface area contributed by atoms with Gasteiger partial charge in [0.2, 0.25) is 0 Å². The van der Waals surface area contributed by atoms with Crippen molar-refractivity contribution >= 4 is 22.0 Å². The molecule has 10 heteroatoms. The Morgan fingerprint density at radius 2 is 1.58 bits per heavy atom. The topological polar surface area (TPSA) is 138 Å². The Balaban J connectivity index is 2.01. The Morgan fingerprint density at radius 3 is 2.15 bits per heavy atom. The van der Waals surface area contributed by atoms with Gasteiger partial charge in [0.1, 0.15) is 10.6 Å². The van der Waals surface area contributed by atoms with Gasteiger partial charge in [0.25, 0.3) is 5.91 Å². The van der Waals surface area contributed by atoms with Gasteiger partial charge in [-0.05, 0) is 55.3 Å². The van der Waals surface area contributed by atoms with Gasteiger partial charge in [0.15, 0.2) is 6.61 Å². The van der Waals surface area contributed by atoms with E-state index in [9.17, 15) is 18.0 Å². The van der Waals surface area contributed by atoms with Gasteiger partial charge in [-0.2, -0.15) is 18.9 Å². The quantitative estimate of drug-likeness (QED) is 0.382. The normalized spacial score (nSPS) is 10.5. The molecule has 172 valence electrons. The van der Waals surface area contributed by atoms with E-state index in [1.807, 2.05) is 12.1 Å². The van der Waals surface area contributed by atoms with Crippen LogP contribution in [0, 0.1) is 36.5 Å². The Labute approximate surface area is 192 Å². The van der Waals surface area contributed by atoms with E-state index in [1.165, 1.54) is 35.2 Å². The molecule has 2 aromatic carbocycles. The fourth-order valence-corrected chi connectivity index (χ4v) is 4.07. The van der Waals surface area contributed by atoms with Gasteiger partial charge < -0.3 is 13.8 Å². The number of carbonyl (C=O) groups excluding carboxylic acids is 2. The monoisotopic (exact) mass is 469 g/mol. The minimum absolute atomic E-state index is 0.0164. The third kappa shape index (κ3) is 7.34. The molecule has 0 atom stereocenters. The van der Waals surface area contributed by atoms with Crippen molar-refractivity contribution in [2.24, 2.45) is 0 Å². The molecule has 0 bridgehead atoms. The zero-order valence-electron chi connectivity index (χ0n) is 18.3. The molecule has 0 aliphatic rings. The first kappa shape index (κ1) is 25.4. The molecular formula is C23H23N3O6S. The minimum Gasteiger partial charge on any atom is -0.452 e. The van der Waals surface area contributed by atoms with Crippen LogP contribution in [0.5, 0.6) is 5.75 Å². The SMILES string of the molecule is Cc1ccc(C)c(S(=O)(=O)Oc2ccc(C(=O)OCC(=O)N(CCC#N)CCC#N)cc2)c1. The third-order valence-electron chi connectivity index (χ3n) is 4.58. The molecule has 1 amide bonds. The average Bonchev–Trinajstić information content (AvgIpc) is 2.79. The largest absolute Gasteiger partial charge is 0.452 e. The third-order valence-corrected chi connectivity index (χ3v) is 5.97. The van der Waals surface area contributed by atoms with Crippen LogP contribution in [0.25, 0.3) is 0 Å². The van der Waals surface area contributed by atoms with Gasteiger partial charge in [-0.3, -0.25) is 4.79 Å². The van der Waals surface area contributed by atoms with E-state index < -0.39 is 28.6 Å². The number of benzene rings is 2. The van der Waals surface area contributed by atoms with E-state index in [0.29, 0.717) is 5.56 Å². The lowest BCUT2D eigenvalue weighted by Crippen LogP contribution is -2.36. The highest BCUT2D eigenvalue weighted by atomic mass is 32.2. The van der Waals surface area contributed by atoms with Gasteiger partial charge in [-0.1, -0.05) is 12.1 Å². The highest BCUT2D eigenvalue weighted by molar-refractivity contribution is 7.87. The van der Waals surface area contributed by atoms with Gasteiger partial charge in [-0.25, -0.2) is 4.79 Å². The van der Waals surface area contributed by atoms with Crippen molar-refractivity contribution in [2.75, 3.05) is 19.7 Å². The predicted octanol–water partition coefficient (Wildman–Crippen LogP) is 2.88. The van der Waals surface area contributed by atoms with Crippen molar-refractivity contribution in [2.45, 2.75) is 31.6 Å². The number of hydrogen-bond donors (Lipinski definition) is 0. The van der Waals surface area contributed by atoms with Crippen LogP contribution >= 0.6 is 0 Å². The second-order valence-electron chi connectivity index (χ2n) is 7.10. The summed E-state index contributed by atoms with van der Waals surface area (Å²) < 4.78 is 35.4. The summed E-state index contributed by atoms with van der Waals surface area (Å²) in [6.45, 7) is 3.16. The fraction of sp³-hybridized carbons (Fsp3) is 0.304. The number of nitriles is 2. The molecule has 0 saturated heterocycles. The smallest absolute Gasteiger partial charge is 0.339 e. The molecule has 0 saturated carbocycles. The Morgan fingerprint density at radius 1 is 0.970 bits per heavy atom. The van der Waals surface area contributed by atoms with E-state index in [4.69, 9.17) is 19.4 Å². The number of rotatable bonds is 10. The van der Waals surface area contributed by atoms with Gasteiger partial charge in [0.05, 0.1) is 30.5 Å². The van der Waals surface area contributed by atoms with Crippen LogP contribution < -0.4 is 4.18 Å². The van der Waals surface area contributed by atoms with Crippen LogP contribution in [0.1, 0.15) is 34.3 Å². The van der Waals surface area contributed by atoms with Crippen LogP contribution in [0.15, 0.2) is 47.4 Å². The number of ether oxygens (including phenoxy) is 1. The molecule has 0 aliphatic heterocycles. The molecule has 0 aromatic heterocycles. The van der Waals surface area contributed by atoms with Crippen molar-refractivity contribution in [1.29, 1.82) is 10.5 Å². The summed E-state index contributed by atoms with van der Waals surface area (Å²) in [4.78, 5) is 25.8. The number of amides is 1. The van der Waals surface area contributed by atoms with Crippen molar-refractivity contribution < 1.29 is 26.9 Å². The summed E-state index contributed by atoms with van der Waals surface area (Å²) in [7, 11) is -4.06. The maximum absolute atomic E-state index is 12.6. The highest BCUT2D eigenvalue weighted by Crippen LogP contribution is 2.23. The van der Waals surface area contributed by atoms with E-state index in [0.717, 1.165) is 5.56 Å². The Hall–Kier alpha value is -3.89. The minimum atomic E-state index is -4.06. The van der Waals surface area contributed by atoms with Gasteiger partial charge in [0, 0.05) is 13.1 Å². The summed E-state index contributed by atoms with van der Waals surface area (Å²) in [5, 5.41) is 17.4. The first-order valence-corrected chi connectivity index (χ1v) is 11.4. The van der Waals surface area contributed by atoms with Crippen molar-refractivity contribution in [3.8, 4) is 17.9 Å². The van der Waals surface area contributed by atoms with Crippen LogP contribution in [-0.4, -0.2) is 44.9 Å². The summed E-state index contributed by atoms with van der Waals surface area (Å²) in [6, 6.07) is 14.1. The molecule has 0 heterocycles. The summed E-state index contributed by atoms with van der Waals surface area (Å²) >= 11 is 0. The van der Waals surface area contributed by atoms with E-state index in [2.05, 4.69) is 0 Å². The summed E-state index contributed by atoms with van der Waals surface area (Å²) in [6.07, 6.45) is 0.190. The summed E-state index contributed by atoms with van der Waals surface area (Å²) in [5.74, 6) is -1.29. The van der Waals surface area contributed by atoms with Gasteiger partial charge >= 0.3 is 16.1 Å². The molecule has 9 nitrogen and oxygen atoms in total. The molecule has 0 N–H and O–H groups in total. The zero-order chi connectivity index (χ0) is 24.4. The first-order chi connectivity index (χ1) is 15.7. The molecule has 0 spiro atoms. The van der Waals surface area contributed by atoms with E-state index in [1.54, 1.807) is 26.0 Å². The number of nitrogens with zero attached hydrogens (tertiary/aromatic N) is 3. The molecule has 2 aromatic rings. The van der Waals surface area contributed by atoms with E-state index in [-0.39, 0.29) is 42.1 Å². The van der Waals surface area contributed by atoms with Crippen LogP contribution in [0.2, 0.25) is 0 Å². The predicted molar refractivity (Wildman–Crippen MR) is 117 cm³/mol. The van der Waals surface area contributed by atoms with Crippen LogP contribution in [-0.2, 0) is 19.6 Å². The maximum Gasteiger partial charge on any atom is 0.339 e. The molecule has 2 rings (SSSR count). The summed E-state index contributed by atoms with van der Waals surface area (Å²) in [5.41, 5.74) is 1.41. The molecule has 0 fully saturated rings. The molecule has 33 heavy (non-hydrogen) atoms. The molecule has 0 unspecified atom stereocenters. The zero-order valence-corrected chi connectivity index (χ0v) is 19.1. The number of aryl methyl sites for hydroxylation is 2. The lowest BCUT2D eigenvalue weighted by atomic mass is 10.2. The number of carbonyl (C=O) groups is 2. The Kier molecular flexibility index (Phi) is 8.96. The van der Waals surface area contributed by atoms with Crippen molar-refractivity contribution in [3.63, 3.8) is 0 Å². The molecule has 0 radical (unpaired) electrons. The Bertz CT molecular complexity index is 1180. The molecule has 0 aliphatic carbocycles. The first-order valence-electron chi connectivity index (χ1n) is 9.98. The number of esters is 1. The second-order valence-corrected chi connectivity index (χ2v) is 8.62. The fourth-order valence-electron chi connectivity index (χ4n) is 2.83. The average molecular weight is 470 g/mol. The van der Waals surface area contributed by atoms with Crippen molar-refractivity contribution in [3.05, 3.63) is 59.2 Å². The lowest BCUT2D eigenvalue weighted by molar-refractivity contribution is -0.134.